The van der Waals surface area contributed by atoms with Crippen molar-refractivity contribution in [2.75, 3.05) is 10.6 Å². The molecular formula is C23H27BrN2O2S. The molecule has 29 heavy (non-hydrogen) atoms. The fourth-order valence-electron chi connectivity index (χ4n) is 3.52. The Morgan fingerprint density at radius 3 is 2.55 bits per heavy atom. The standard InChI is InChI=1S/C23H27BrN2O2S/c1-2-21(23(28)26-20-14-7-6-13-19(20)24)29-18-12-8-11-17(15-18)25-22(27)16-9-4-3-5-10-16/h6-8,11-16,21H,2-5,9-10H2,1H3,(H,25,27)(H,26,28). The first-order valence-corrected chi connectivity index (χ1v) is 11.9. The van der Waals surface area contributed by atoms with Crippen LogP contribution in [0.5, 0.6) is 0 Å². The third-order valence-electron chi connectivity index (χ3n) is 5.15. The molecule has 6 heteroatoms. The molecule has 0 heterocycles. The number of halogens is 1. The highest BCUT2D eigenvalue weighted by Gasteiger charge is 2.22. The van der Waals surface area contributed by atoms with E-state index in [1.165, 1.54) is 18.2 Å². The van der Waals surface area contributed by atoms with E-state index in [0.717, 1.165) is 46.4 Å². The molecule has 2 aromatic carbocycles. The van der Waals surface area contributed by atoms with Crippen molar-refractivity contribution in [2.24, 2.45) is 5.92 Å². The van der Waals surface area contributed by atoms with Gasteiger partial charge in [0, 0.05) is 21.0 Å². The van der Waals surface area contributed by atoms with Crippen LogP contribution in [0.4, 0.5) is 11.4 Å². The fraction of sp³-hybridized carbons (Fsp3) is 0.391. The predicted octanol–water partition coefficient (Wildman–Crippen LogP) is 6.48. The van der Waals surface area contributed by atoms with Gasteiger partial charge in [0.15, 0.2) is 0 Å². The Kier molecular flexibility index (Phi) is 8.19. The Bertz CT molecular complexity index is 852. The Morgan fingerprint density at radius 1 is 1.07 bits per heavy atom. The predicted molar refractivity (Wildman–Crippen MR) is 124 cm³/mol. The minimum Gasteiger partial charge on any atom is -0.326 e. The van der Waals surface area contributed by atoms with Gasteiger partial charge in [-0.3, -0.25) is 9.59 Å². The van der Waals surface area contributed by atoms with Gasteiger partial charge in [0.05, 0.1) is 10.9 Å². The van der Waals surface area contributed by atoms with Crippen LogP contribution in [-0.2, 0) is 9.59 Å². The van der Waals surface area contributed by atoms with Crippen LogP contribution in [0.15, 0.2) is 57.9 Å². The van der Waals surface area contributed by atoms with Crippen LogP contribution in [0.2, 0.25) is 0 Å². The van der Waals surface area contributed by atoms with Gasteiger partial charge in [-0.15, -0.1) is 11.8 Å². The number of para-hydroxylation sites is 1. The molecule has 1 fully saturated rings. The second kappa shape index (κ2) is 10.8. The lowest BCUT2D eigenvalue weighted by molar-refractivity contribution is -0.120. The zero-order valence-corrected chi connectivity index (χ0v) is 19.0. The molecule has 1 unspecified atom stereocenters. The Hall–Kier alpha value is -1.79. The number of carbonyl (C=O) groups is 2. The molecule has 1 aliphatic rings. The van der Waals surface area contributed by atoms with E-state index in [1.54, 1.807) is 0 Å². The van der Waals surface area contributed by atoms with E-state index in [-0.39, 0.29) is 23.0 Å². The quantitative estimate of drug-likeness (QED) is 0.451. The summed E-state index contributed by atoms with van der Waals surface area (Å²) in [5.41, 5.74) is 1.57. The van der Waals surface area contributed by atoms with E-state index >= 15 is 0 Å². The molecule has 0 bridgehead atoms. The summed E-state index contributed by atoms with van der Waals surface area (Å²) in [5, 5.41) is 5.84. The van der Waals surface area contributed by atoms with Gasteiger partial charge in [-0.1, -0.05) is 44.4 Å². The van der Waals surface area contributed by atoms with Gasteiger partial charge in [0.2, 0.25) is 11.8 Å². The maximum Gasteiger partial charge on any atom is 0.237 e. The Labute approximate surface area is 185 Å². The minimum absolute atomic E-state index is 0.0268. The van der Waals surface area contributed by atoms with Crippen molar-refractivity contribution in [1.29, 1.82) is 0 Å². The molecule has 1 atom stereocenters. The lowest BCUT2D eigenvalue weighted by Gasteiger charge is -2.21. The van der Waals surface area contributed by atoms with Crippen LogP contribution in [0, 0.1) is 5.92 Å². The lowest BCUT2D eigenvalue weighted by atomic mass is 9.88. The molecule has 0 saturated heterocycles. The third-order valence-corrected chi connectivity index (χ3v) is 7.20. The molecule has 1 saturated carbocycles. The molecule has 2 aromatic rings. The smallest absolute Gasteiger partial charge is 0.237 e. The normalized spacial score (nSPS) is 15.5. The third kappa shape index (κ3) is 6.34. The maximum atomic E-state index is 12.7. The van der Waals surface area contributed by atoms with Crippen molar-refractivity contribution in [3.63, 3.8) is 0 Å². The number of thioether (sulfide) groups is 1. The van der Waals surface area contributed by atoms with Gasteiger partial charge in [0.25, 0.3) is 0 Å². The highest BCUT2D eigenvalue weighted by Crippen LogP contribution is 2.30. The van der Waals surface area contributed by atoms with Crippen molar-refractivity contribution in [1.82, 2.24) is 0 Å². The highest BCUT2D eigenvalue weighted by molar-refractivity contribution is 9.10. The molecule has 154 valence electrons. The summed E-state index contributed by atoms with van der Waals surface area (Å²) in [7, 11) is 0. The van der Waals surface area contributed by atoms with E-state index in [0.29, 0.717) is 6.42 Å². The first kappa shape index (κ1) is 21.9. The van der Waals surface area contributed by atoms with Crippen molar-refractivity contribution in [2.45, 2.75) is 55.6 Å². The van der Waals surface area contributed by atoms with Crippen LogP contribution < -0.4 is 10.6 Å². The van der Waals surface area contributed by atoms with Gasteiger partial charge in [0.1, 0.15) is 0 Å². The molecule has 4 nitrogen and oxygen atoms in total. The topological polar surface area (TPSA) is 58.2 Å². The summed E-state index contributed by atoms with van der Waals surface area (Å²) < 4.78 is 0.862. The SMILES string of the molecule is CCC(Sc1cccc(NC(=O)C2CCCCC2)c1)C(=O)Nc1ccccc1Br. The first-order chi connectivity index (χ1) is 14.1. The van der Waals surface area contributed by atoms with Crippen LogP contribution >= 0.6 is 27.7 Å². The average molecular weight is 475 g/mol. The first-order valence-electron chi connectivity index (χ1n) is 10.2. The monoisotopic (exact) mass is 474 g/mol. The highest BCUT2D eigenvalue weighted by atomic mass is 79.9. The van der Waals surface area contributed by atoms with Crippen LogP contribution in [0.25, 0.3) is 0 Å². The summed E-state index contributed by atoms with van der Waals surface area (Å²) >= 11 is 4.99. The molecule has 0 aromatic heterocycles. The number of benzene rings is 2. The Morgan fingerprint density at radius 2 is 1.83 bits per heavy atom. The van der Waals surface area contributed by atoms with E-state index in [4.69, 9.17) is 0 Å². The summed E-state index contributed by atoms with van der Waals surface area (Å²) in [6, 6.07) is 15.4. The van der Waals surface area contributed by atoms with Crippen molar-refractivity contribution in [3.8, 4) is 0 Å². The van der Waals surface area contributed by atoms with Gasteiger partial charge in [-0.2, -0.15) is 0 Å². The average Bonchev–Trinajstić information content (AvgIpc) is 2.74. The molecule has 3 rings (SSSR count). The van der Waals surface area contributed by atoms with Crippen molar-refractivity contribution in [3.05, 3.63) is 53.0 Å². The molecule has 2 N–H and O–H groups in total. The van der Waals surface area contributed by atoms with E-state index in [2.05, 4.69) is 26.6 Å². The van der Waals surface area contributed by atoms with Gasteiger partial charge in [-0.05, 0) is 65.5 Å². The molecular weight excluding hydrogens is 448 g/mol. The lowest BCUT2D eigenvalue weighted by Crippen LogP contribution is -2.25. The number of anilines is 2. The maximum absolute atomic E-state index is 12.7. The van der Waals surface area contributed by atoms with E-state index in [9.17, 15) is 9.59 Å². The molecule has 0 aliphatic heterocycles. The van der Waals surface area contributed by atoms with Crippen LogP contribution in [-0.4, -0.2) is 17.1 Å². The Balaban J connectivity index is 1.62. The van der Waals surface area contributed by atoms with Crippen LogP contribution in [0.1, 0.15) is 45.4 Å². The van der Waals surface area contributed by atoms with Crippen molar-refractivity contribution < 1.29 is 9.59 Å². The van der Waals surface area contributed by atoms with Gasteiger partial charge < -0.3 is 10.6 Å². The number of rotatable bonds is 7. The number of hydrogen-bond acceptors (Lipinski definition) is 3. The molecule has 0 spiro atoms. The van der Waals surface area contributed by atoms with Gasteiger partial charge >= 0.3 is 0 Å². The summed E-state index contributed by atoms with van der Waals surface area (Å²) in [6.07, 6.45) is 6.17. The zero-order chi connectivity index (χ0) is 20.6. The largest absolute Gasteiger partial charge is 0.326 e. The second-order valence-corrected chi connectivity index (χ2v) is 9.47. The molecule has 1 aliphatic carbocycles. The fourth-order valence-corrected chi connectivity index (χ4v) is 4.92. The van der Waals surface area contributed by atoms with E-state index in [1.807, 2.05) is 55.5 Å². The number of nitrogens with one attached hydrogen (secondary N) is 2. The zero-order valence-electron chi connectivity index (χ0n) is 16.6. The van der Waals surface area contributed by atoms with Crippen LogP contribution in [0.3, 0.4) is 0 Å². The molecule has 0 radical (unpaired) electrons. The summed E-state index contributed by atoms with van der Waals surface area (Å²) in [6.45, 7) is 2.01. The minimum atomic E-state index is -0.216. The number of carbonyl (C=O) groups excluding carboxylic acids is 2. The number of hydrogen-bond donors (Lipinski definition) is 2. The molecule has 2 amide bonds. The summed E-state index contributed by atoms with van der Waals surface area (Å²) in [4.78, 5) is 26.2. The second-order valence-electron chi connectivity index (χ2n) is 7.34. The summed E-state index contributed by atoms with van der Waals surface area (Å²) in [5.74, 6) is 0.213. The number of amides is 2. The van der Waals surface area contributed by atoms with Crippen molar-refractivity contribution >= 4 is 50.9 Å². The van der Waals surface area contributed by atoms with E-state index < -0.39 is 0 Å². The van der Waals surface area contributed by atoms with Gasteiger partial charge in [-0.25, -0.2) is 0 Å².